The lowest BCUT2D eigenvalue weighted by molar-refractivity contribution is 0.0662. The van der Waals surface area contributed by atoms with Crippen LogP contribution in [-0.4, -0.2) is 26.2 Å². The van der Waals surface area contributed by atoms with Crippen LogP contribution >= 0.6 is 0 Å². The molecule has 4 rings (SSSR count). The van der Waals surface area contributed by atoms with Gasteiger partial charge in [-0.05, 0) is 36.8 Å². The van der Waals surface area contributed by atoms with Gasteiger partial charge in [-0.3, -0.25) is 0 Å². The maximum absolute atomic E-state index is 9.83. The Morgan fingerprint density at radius 1 is 1.10 bits per heavy atom. The number of rotatable bonds is 4. The number of hydrazone groups is 1. The maximum atomic E-state index is 9.83. The van der Waals surface area contributed by atoms with Crippen molar-refractivity contribution in [2.75, 3.05) is 19.2 Å². The van der Waals surface area contributed by atoms with Crippen molar-refractivity contribution in [3.8, 4) is 17.6 Å². The summed E-state index contributed by atoms with van der Waals surface area (Å²) in [6, 6.07) is 17.7. The normalized spacial score (nSPS) is 23.0. The molecule has 2 aliphatic rings. The number of nitrogens with zero attached hydrogens (tertiary/aromatic N) is 3. The Balaban J connectivity index is 1.82. The molecule has 2 heterocycles. The summed E-state index contributed by atoms with van der Waals surface area (Å²) in [4.78, 5) is 0. The van der Waals surface area contributed by atoms with Crippen LogP contribution in [0.4, 0.5) is 5.69 Å². The van der Waals surface area contributed by atoms with Gasteiger partial charge in [0.05, 0.1) is 31.4 Å². The highest BCUT2D eigenvalue weighted by Crippen LogP contribution is 2.47. The van der Waals surface area contributed by atoms with Crippen molar-refractivity contribution in [3.05, 3.63) is 65.6 Å². The highest BCUT2D eigenvalue weighted by molar-refractivity contribution is 5.90. The minimum absolute atomic E-state index is 0.124. The molecule has 0 aliphatic carbocycles. The van der Waals surface area contributed by atoms with Crippen LogP contribution in [0.2, 0.25) is 0 Å². The number of allylic oxidation sites excluding steroid dienone is 1. The van der Waals surface area contributed by atoms with Crippen LogP contribution in [-0.2, 0) is 4.74 Å². The molecule has 3 unspecified atom stereocenters. The Labute approximate surface area is 169 Å². The van der Waals surface area contributed by atoms with Gasteiger partial charge in [-0.1, -0.05) is 24.3 Å². The van der Waals surface area contributed by atoms with Gasteiger partial charge in [-0.2, -0.15) is 10.4 Å². The number of anilines is 1. The lowest BCUT2D eigenvalue weighted by atomic mass is 9.76. The molecule has 7 heteroatoms. The van der Waals surface area contributed by atoms with Crippen LogP contribution in [0.5, 0.6) is 11.5 Å². The Bertz CT molecular complexity index is 1030. The molecule has 0 amide bonds. The van der Waals surface area contributed by atoms with Crippen LogP contribution in [0.3, 0.4) is 0 Å². The van der Waals surface area contributed by atoms with E-state index in [4.69, 9.17) is 25.0 Å². The number of nitriles is 1. The quantitative estimate of drug-likeness (QED) is 0.861. The van der Waals surface area contributed by atoms with Crippen molar-refractivity contribution in [3.63, 3.8) is 0 Å². The second kappa shape index (κ2) is 7.40. The maximum Gasteiger partial charge on any atom is 0.202 e. The number of ether oxygens (including phenoxy) is 3. The molecule has 3 atom stereocenters. The third-order valence-corrected chi connectivity index (χ3v) is 5.39. The lowest BCUT2D eigenvalue weighted by Crippen LogP contribution is -2.43. The van der Waals surface area contributed by atoms with E-state index in [2.05, 4.69) is 6.07 Å². The summed E-state index contributed by atoms with van der Waals surface area (Å²) >= 11 is 0. The van der Waals surface area contributed by atoms with E-state index < -0.39 is 6.23 Å². The van der Waals surface area contributed by atoms with Gasteiger partial charge >= 0.3 is 0 Å². The molecule has 2 aromatic rings. The monoisotopic (exact) mass is 390 g/mol. The van der Waals surface area contributed by atoms with Gasteiger partial charge in [0.25, 0.3) is 0 Å². The predicted octanol–water partition coefficient (Wildman–Crippen LogP) is 3.35. The Morgan fingerprint density at radius 3 is 2.48 bits per heavy atom. The summed E-state index contributed by atoms with van der Waals surface area (Å²) in [5.41, 5.74) is 9.25. The van der Waals surface area contributed by atoms with Gasteiger partial charge < -0.3 is 19.9 Å². The van der Waals surface area contributed by atoms with E-state index in [1.54, 1.807) is 14.2 Å². The van der Waals surface area contributed by atoms with Crippen LogP contribution in [0.15, 0.2) is 65.1 Å². The first kappa shape index (κ1) is 18.7. The number of methoxy groups -OCH3 is 2. The van der Waals surface area contributed by atoms with Crippen molar-refractivity contribution in [1.29, 1.82) is 5.26 Å². The van der Waals surface area contributed by atoms with E-state index >= 15 is 0 Å². The summed E-state index contributed by atoms with van der Waals surface area (Å²) < 4.78 is 16.8. The number of fused-ring (bicyclic) bond motifs is 1. The highest BCUT2D eigenvalue weighted by atomic mass is 16.5. The molecule has 148 valence electrons. The van der Waals surface area contributed by atoms with Gasteiger partial charge in [-0.15, -0.1) is 0 Å². The molecule has 2 N–H and O–H groups in total. The molecule has 0 bridgehead atoms. The largest absolute Gasteiger partial charge is 0.493 e. The Hall–Kier alpha value is -3.66. The number of hydrogen-bond donors (Lipinski definition) is 1. The second-order valence-electron chi connectivity index (χ2n) is 6.94. The summed E-state index contributed by atoms with van der Waals surface area (Å²) in [6.45, 7) is 1.95. The summed E-state index contributed by atoms with van der Waals surface area (Å²) in [6.07, 6.45) is -0.437. The predicted molar refractivity (Wildman–Crippen MR) is 110 cm³/mol. The van der Waals surface area contributed by atoms with Crippen molar-refractivity contribution < 1.29 is 14.2 Å². The van der Waals surface area contributed by atoms with Crippen LogP contribution in [0.25, 0.3) is 0 Å². The second-order valence-corrected chi connectivity index (χ2v) is 6.94. The third kappa shape index (κ3) is 3.03. The van der Waals surface area contributed by atoms with E-state index in [0.29, 0.717) is 17.1 Å². The number of para-hydroxylation sites is 1. The standard InChI is InChI=1S/C22H22N4O3/c1-13-19-20(14-9-10-17(27-2)18(11-14)28-3)16(12-23)21(24)29-22(19)26(25-13)15-7-5-4-6-8-15/h4-11,19-20,22H,24H2,1-3H3. The SMILES string of the molecule is COc1ccc(C2C(C#N)=C(N)OC3C2C(C)=NN3c2ccccc2)cc1OC. The zero-order valence-electron chi connectivity index (χ0n) is 16.5. The molecule has 0 aromatic heterocycles. The fraction of sp³-hybridized carbons (Fsp3) is 0.273. The van der Waals surface area contributed by atoms with Gasteiger partial charge in [-0.25, -0.2) is 5.01 Å². The van der Waals surface area contributed by atoms with E-state index in [9.17, 15) is 5.26 Å². The number of hydrogen-bond acceptors (Lipinski definition) is 7. The molecular weight excluding hydrogens is 368 g/mol. The molecule has 29 heavy (non-hydrogen) atoms. The Morgan fingerprint density at radius 2 is 1.83 bits per heavy atom. The van der Waals surface area contributed by atoms with Crippen molar-refractivity contribution in [2.24, 2.45) is 16.8 Å². The zero-order valence-corrected chi connectivity index (χ0v) is 16.5. The molecular formula is C22H22N4O3. The van der Waals surface area contributed by atoms with Gasteiger partial charge in [0.15, 0.2) is 11.5 Å². The fourth-order valence-electron chi connectivity index (χ4n) is 4.04. The average Bonchev–Trinajstić information content (AvgIpc) is 3.08. The molecule has 0 saturated carbocycles. The van der Waals surface area contributed by atoms with Crippen molar-refractivity contribution in [1.82, 2.24) is 0 Å². The Kier molecular flexibility index (Phi) is 4.77. The van der Waals surface area contributed by atoms with E-state index in [0.717, 1.165) is 17.0 Å². The molecule has 0 radical (unpaired) electrons. The first-order valence-corrected chi connectivity index (χ1v) is 9.26. The van der Waals surface area contributed by atoms with E-state index in [1.807, 2.05) is 60.5 Å². The van der Waals surface area contributed by atoms with Gasteiger partial charge in [0.1, 0.15) is 6.07 Å². The van der Waals surface area contributed by atoms with Crippen molar-refractivity contribution in [2.45, 2.75) is 19.1 Å². The third-order valence-electron chi connectivity index (χ3n) is 5.39. The molecule has 2 aliphatic heterocycles. The summed E-state index contributed by atoms with van der Waals surface area (Å²) in [7, 11) is 3.18. The highest BCUT2D eigenvalue weighted by Gasteiger charge is 2.49. The molecule has 0 fully saturated rings. The first-order chi connectivity index (χ1) is 14.1. The smallest absolute Gasteiger partial charge is 0.202 e. The molecule has 7 nitrogen and oxygen atoms in total. The van der Waals surface area contributed by atoms with Gasteiger partial charge in [0.2, 0.25) is 12.1 Å². The average molecular weight is 390 g/mol. The fourth-order valence-corrected chi connectivity index (χ4v) is 4.04. The van der Waals surface area contributed by atoms with Gasteiger partial charge in [0, 0.05) is 11.6 Å². The number of benzene rings is 2. The van der Waals surface area contributed by atoms with E-state index in [-0.39, 0.29) is 17.7 Å². The summed E-state index contributed by atoms with van der Waals surface area (Å²) in [5, 5.41) is 16.4. The molecule has 2 aromatic carbocycles. The van der Waals surface area contributed by atoms with Crippen LogP contribution < -0.4 is 20.2 Å². The van der Waals surface area contributed by atoms with Crippen molar-refractivity contribution >= 4 is 11.4 Å². The number of nitrogens with two attached hydrogens (primary N) is 1. The lowest BCUT2D eigenvalue weighted by Gasteiger charge is -2.37. The van der Waals surface area contributed by atoms with E-state index in [1.165, 1.54) is 0 Å². The topological polar surface area (TPSA) is 93.1 Å². The van der Waals surface area contributed by atoms with Crippen LogP contribution in [0, 0.1) is 17.2 Å². The van der Waals surface area contributed by atoms with Crippen LogP contribution in [0.1, 0.15) is 18.4 Å². The summed E-state index contributed by atoms with van der Waals surface area (Å²) in [5.74, 6) is 0.861. The zero-order chi connectivity index (χ0) is 20.5. The minimum atomic E-state index is -0.437. The minimum Gasteiger partial charge on any atom is -0.493 e. The molecule has 0 spiro atoms. The first-order valence-electron chi connectivity index (χ1n) is 9.26. The molecule has 0 saturated heterocycles.